The van der Waals surface area contributed by atoms with Crippen molar-refractivity contribution in [2.75, 3.05) is 11.2 Å². The van der Waals surface area contributed by atoms with Gasteiger partial charge in [-0.1, -0.05) is 6.42 Å². The molecule has 0 spiro atoms. The molecule has 0 amide bonds. The van der Waals surface area contributed by atoms with Crippen LogP contribution in [0.3, 0.4) is 0 Å². The van der Waals surface area contributed by atoms with E-state index in [1.165, 1.54) is 6.33 Å². The van der Waals surface area contributed by atoms with Gasteiger partial charge in [0, 0.05) is 11.9 Å². The molecule has 1 aliphatic rings. The number of anilines is 1. The maximum Gasteiger partial charge on any atom is 0.186 e. The maximum absolute atomic E-state index is 13.7. The van der Waals surface area contributed by atoms with Gasteiger partial charge in [0.25, 0.3) is 0 Å². The van der Waals surface area contributed by atoms with Crippen LogP contribution < -0.4 is 5.32 Å². The molecule has 0 bridgehead atoms. The molecule has 1 N–H and O–H groups in total. The van der Waals surface area contributed by atoms with Gasteiger partial charge in [0.15, 0.2) is 11.6 Å². The van der Waals surface area contributed by atoms with Crippen molar-refractivity contribution in [3.63, 3.8) is 0 Å². The van der Waals surface area contributed by atoms with Crippen LogP contribution in [0.5, 0.6) is 0 Å². The second kappa shape index (κ2) is 4.95. The molecule has 1 heterocycles. The molecule has 0 radical (unpaired) electrons. The number of nitrogens with one attached hydrogen (secondary N) is 1. The number of aryl methyl sites for hydroxylation is 1. The Morgan fingerprint density at radius 1 is 1.50 bits per heavy atom. The van der Waals surface area contributed by atoms with Crippen LogP contribution in [0.25, 0.3) is 0 Å². The van der Waals surface area contributed by atoms with E-state index in [0.717, 1.165) is 19.3 Å². The number of hydrogen-bond acceptors (Lipinski definition) is 3. The molecule has 1 fully saturated rings. The molecule has 2 rings (SSSR count). The van der Waals surface area contributed by atoms with Crippen LogP contribution in [0.15, 0.2) is 6.33 Å². The monoisotopic (exact) mass is 243 g/mol. The minimum atomic E-state index is -0.359. The first-order chi connectivity index (χ1) is 7.72. The maximum atomic E-state index is 13.7. The van der Waals surface area contributed by atoms with E-state index >= 15 is 0 Å². The van der Waals surface area contributed by atoms with E-state index in [2.05, 4.69) is 15.3 Å². The summed E-state index contributed by atoms with van der Waals surface area (Å²) in [5.41, 5.74) is 0.373. The number of halogens is 2. The zero-order chi connectivity index (χ0) is 11.5. The van der Waals surface area contributed by atoms with Crippen molar-refractivity contribution < 1.29 is 4.39 Å². The Morgan fingerprint density at radius 3 is 3.06 bits per heavy atom. The van der Waals surface area contributed by atoms with Crippen LogP contribution in [0.2, 0.25) is 0 Å². The van der Waals surface area contributed by atoms with E-state index in [0.29, 0.717) is 23.3 Å². The number of alkyl halides is 1. The highest BCUT2D eigenvalue weighted by molar-refractivity contribution is 6.18. The van der Waals surface area contributed by atoms with E-state index in [-0.39, 0.29) is 11.9 Å². The minimum absolute atomic E-state index is 0.237. The molecule has 1 aromatic rings. The number of hydrogen-bond donors (Lipinski definition) is 1. The van der Waals surface area contributed by atoms with Crippen LogP contribution in [0, 0.1) is 18.7 Å². The third-order valence-corrected chi connectivity index (χ3v) is 3.54. The van der Waals surface area contributed by atoms with Crippen molar-refractivity contribution in [2.24, 2.45) is 5.92 Å². The highest BCUT2D eigenvalue weighted by atomic mass is 35.5. The minimum Gasteiger partial charge on any atom is -0.364 e. The van der Waals surface area contributed by atoms with Gasteiger partial charge in [-0.15, -0.1) is 11.6 Å². The molecular formula is C11H15ClFN3. The molecule has 2 unspecified atom stereocenters. The van der Waals surface area contributed by atoms with Crippen molar-refractivity contribution in [3.05, 3.63) is 17.8 Å². The fourth-order valence-corrected chi connectivity index (χ4v) is 2.52. The van der Waals surface area contributed by atoms with Gasteiger partial charge < -0.3 is 5.32 Å². The molecule has 3 nitrogen and oxygen atoms in total. The molecule has 2 atom stereocenters. The van der Waals surface area contributed by atoms with Crippen LogP contribution >= 0.6 is 11.6 Å². The van der Waals surface area contributed by atoms with Crippen LogP contribution in [0.4, 0.5) is 10.2 Å². The van der Waals surface area contributed by atoms with E-state index in [1.54, 1.807) is 6.92 Å². The van der Waals surface area contributed by atoms with Crippen molar-refractivity contribution in [1.29, 1.82) is 0 Å². The Morgan fingerprint density at radius 2 is 2.31 bits per heavy atom. The Balaban J connectivity index is 2.11. The summed E-state index contributed by atoms with van der Waals surface area (Å²) in [5.74, 6) is 0.970. The number of rotatable bonds is 3. The summed E-state index contributed by atoms with van der Waals surface area (Å²) in [6, 6.07) is 0.237. The van der Waals surface area contributed by atoms with Crippen LogP contribution in [0.1, 0.15) is 25.0 Å². The lowest BCUT2D eigenvalue weighted by atomic mass is 10.1. The normalized spacial score (nSPS) is 24.7. The zero-order valence-electron chi connectivity index (χ0n) is 9.21. The molecule has 88 valence electrons. The highest BCUT2D eigenvalue weighted by Crippen LogP contribution is 2.29. The SMILES string of the molecule is Cc1ncnc(NC2CCCC2CCl)c1F. The summed E-state index contributed by atoms with van der Waals surface area (Å²) >= 11 is 5.87. The van der Waals surface area contributed by atoms with Gasteiger partial charge in [0.05, 0.1) is 5.69 Å². The number of aromatic nitrogens is 2. The van der Waals surface area contributed by atoms with Gasteiger partial charge in [0.1, 0.15) is 6.33 Å². The molecule has 16 heavy (non-hydrogen) atoms. The zero-order valence-corrected chi connectivity index (χ0v) is 9.97. The topological polar surface area (TPSA) is 37.8 Å². The highest BCUT2D eigenvalue weighted by Gasteiger charge is 2.27. The second-order valence-electron chi connectivity index (χ2n) is 4.22. The number of nitrogens with zero attached hydrogens (tertiary/aromatic N) is 2. The average molecular weight is 244 g/mol. The predicted molar refractivity (Wildman–Crippen MR) is 62.2 cm³/mol. The van der Waals surface area contributed by atoms with Gasteiger partial charge in [-0.3, -0.25) is 0 Å². The quantitative estimate of drug-likeness (QED) is 0.830. The lowest BCUT2D eigenvalue weighted by Crippen LogP contribution is -2.26. The molecule has 1 aromatic heterocycles. The third-order valence-electron chi connectivity index (χ3n) is 3.14. The molecule has 0 aliphatic heterocycles. The first-order valence-corrected chi connectivity index (χ1v) is 6.05. The van der Waals surface area contributed by atoms with Gasteiger partial charge in [-0.05, 0) is 25.7 Å². The average Bonchev–Trinajstić information content (AvgIpc) is 2.72. The summed E-state index contributed by atoms with van der Waals surface area (Å²) in [7, 11) is 0. The Labute approximate surface area is 99.4 Å². The van der Waals surface area contributed by atoms with E-state index < -0.39 is 0 Å². The summed E-state index contributed by atoms with van der Waals surface area (Å²) in [6.07, 6.45) is 4.65. The Kier molecular flexibility index (Phi) is 3.59. The van der Waals surface area contributed by atoms with Crippen molar-refractivity contribution in [2.45, 2.75) is 32.2 Å². The van der Waals surface area contributed by atoms with E-state index in [9.17, 15) is 4.39 Å². The molecule has 0 saturated heterocycles. The smallest absolute Gasteiger partial charge is 0.186 e. The molecule has 0 aromatic carbocycles. The van der Waals surface area contributed by atoms with Gasteiger partial charge in [-0.25, -0.2) is 14.4 Å². The van der Waals surface area contributed by atoms with Gasteiger partial charge in [-0.2, -0.15) is 0 Å². The Bertz CT molecular complexity index is 372. The molecule has 1 aliphatic carbocycles. The summed E-state index contributed by atoms with van der Waals surface area (Å²) < 4.78 is 13.7. The Hall–Kier alpha value is -0.900. The summed E-state index contributed by atoms with van der Waals surface area (Å²) in [6.45, 7) is 1.63. The van der Waals surface area contributed by atoms with E-state index in [1.807, 2.05) is 0 Å². The van der Waals surface area contributed by atoms with Crippen LogP contribution in [-0.4, -0.2) is 21.9 Å². The van der Waals surface area contributed by atoms with Crippen molar-refractivity contribution >= 4 is 17.4 Å². The molecular weight excluding hydrogens is 229 g/mol. The first kappa shape index (κ1) is 11.6. The van der Waals surface area contributed by atoms with Gasteiger partial charge >= 0.3 is 0 Å². The first-order valence-electron chi connectivity index (χ1n) is 5.52. The van der Waals surface area contributed by atoms with E-state index in [4.69, 9.17) is 11.6 Å². The largest absolute Gasteiger partial charge is 0.364 e. The van der Waals surface area contributed by atoms with Crippen LogP contribution in [-0.2, 0) is 0 Å². The standard InChI is InChI=1S/C11H15ClFN3/c1-7-10(13)11(15-6-14-7)16-9-4-2-3-8(9)5-12/h6,8-9H,2-5H2,1H3,(H,14,15,16). The summed E-state index contributed by atoms with van der Waals surface area (Å²) in [4.78, 5) is 7.73. The lowest BCUT2D eigenvalue weighted by Gasteiger charge is -2.19. The lowest BCUT2D eigenvalue weighted by molar-refractivity contribution is 0.548. The molecule has 5 heteroatoms. The predicted octanol–water partition coefficient (Wildman–Crippen LogP) is 2.74. The summed E-state index contributed by atoms with van der Waals surface area (Å²) in [5, 5.41) is 3.14. The second-order valence-corrected chi connectivity index (χ2v) is 4.53. The third kappa shape index (κ3) is 2.26. The molecule has 1 saturated carbocycles. The fraction of sp³-hybridized carbons (Fsp3) is 0.636. The fourth-order valence-electron chi connectivity index (χ4n) is 2.15. The van der Waals surface area contributed by atoms with Gasteiger partial charge in [0.2, 0.25) is 0 Å². The van der Waals surface area contributed by atoms with Crippen molar-refractivity contribution in [1.82, 2.24) is 9.97 Å². The van der Waals surface area contributed by atoms with Crippen molar-refractivity contribution in [3.8, 4) is 0 Å².